The second-order valence-electron chi connectivity index (χ2n) is 0.937. The number of carbonyl (C=O) groups excluding carboxylic acids is 2. The molecule has 0 saturated heterocycles. The number of thiol groups is 1. The average Bonchev–Trinajstić information content (AvgIpc) is 1.82. The van der Waals surface area contributed by atoms with Gasteiger partial charge < -0.3 is 18.4 Å². The van der Waals surface area contributed by atoms with Crippen LogP contribution in [0.4, 0.5) is 9.59 Å². The molecule has 0 bridgehead atoms. The molecule has 4 N–H and O–H groups in total. The molecule has 0 spiro atoms. The van der Waals surface area contributed by atoms with Crippen molar-refractivity contribution in [3.63, 3.8) is 0 Å². The topological polar surface area (TPSA) is 122 Å². The fourth-order valence-corrected chi connectivity index (χ4v) is 0.107. The van der Waals surface area contributed by atoms with Gasteiger partial charge in [0.1, 0.15) is 0 Å². The quantitative estimate of drug-likeness (QED) is 0.151. The number of primary amides is 1. The van der Waals surface area contributed by atoms with E-state index in [4.69, 9.17) is 10.3 Å². The number of rotatable bonds is 1. The van der Waals surface area contributed by atoms with Crippen LogP contribution in [0.3, 0.4) is 0 Å². The van der Waals surface area contributed by atoms with Crippen LogP contribution in [0.25, 0.3) is 0 Å². The summed E-state index contributed by atoms with van der Waals surface area (Å²) in [6, 6.07) is 0. The van der Waals surface area contributed by atoms with Crippen LogP contribution in [0.5, 0.6) is 0 Å². The molecule has 2 amide bonds. The first-order valence-electron chi connectivity index (χ1n) is 2.02. The lowest BCUT2D eigenvalue weighted by atomic mass is 11.4. The van der Waals surface area contributed by atoms with Gasteiger partial charge in [0.25, 0.3) is 5.24 Å². The zero-order valence-electron chi connectivity index (χ0n) is 5.14. The highest BCUT2D eigenvalue weighted by Crippen LogP contribution is 1.60. The number of hydrogen-bond donors (Lipinski definition) is 4. The molecular formula is C2H5N5O2S2. The van der Waals surface area contributed by atoms with E-state index < -0.39 is 10.5 Å². The molecule has 0 aliphatic heterocycles. The number of nitrogens with two attached hydrogens (primary N) is 1. The van der Waals surface area contributed by atoms with Crippen LogP contribution in [-0.2, 0) is 12.6 Å². The Kier molecular flexibility index (Phi) is 10.0. The second-order valence-corrected chi connectivity index (χ2v) is 1.75. The van der Waals surface area contributed by atoms with Gasteiger partial charge in [0.05, 0.1) is 4.91 Å². The zero-order valence-corrected chi connectivity index (χ0v) is 6.85. The van der Waals surface area contributed by atoms with Crippen LogP contribution in [0.15, 0.2) is 5.22 Å². The van der Waals surface area contributed by atoms with Crippen LogP contribution < -0.4 is 16.1 Å². The van der Waals surface area contributed by atoms with Gasteiger partial charge in [-0.25, -0.2) is 0 Å². The normalized spacial score (nSPS) is 6.27. The average molecular weight is 195 g/mol. The van der Waals surface area contributed by atoms with Crippen molar-refractivity contribution < 1.29 is 9.59 Å². The summed E-state index contributed by atoms with van der Waals surface area (Å²) in [7, 11) is 0. The van der Waals surface area contributed by atoms with E-state index in [9.17, 15) is 4.79 Å². The molecule has 0 atom stereocenters. The molecule has 0 aromatic heterocycles. The predicted molar refractivity (Wildman–Crippen MR) is 41.7 cm³/mol. The van der Waals surface area contributed by atoms with Crippen molar-refractivity contribution in [2.24, 2.45) is 11.0 Å². The molecule has 0 unspecified atom stereocenters. The standard InChI is InChI=1S/CH2N4OS.CH3NOS/c2-4-5-3-1(6)7;2-1(3)4/h2H,(H,6,7);(H3,2,3,4). The van der Waals surface area contributed by atoms with Gasteiger partial charge in [0.2, 0.25) is 10.5 Å². The maximum absolute atomic E-state index is 9.67. The van der Waals surface area contributed by atoms with Crippen molar-refractivity contribution in [3.05, 3.63) is 0 Å². The van der Waals surface area contributed by atoms with Crippen LogP contribution in [-0.4, -0.2) is 10.5 Å². The Bertz CT molecular complexity index is 183. The SMILES string of the molecule is N=[N+]=NNC(=O)[S-].NC(=O)S. The van der Waals surface area contributed by atoms with Crippen molar-refractivity contribution in [3.8, 4) is 0 Å². The Morgan fingerprint density at radius 3 is 2.18 bits per heavy atom. The highest BCUT2D eigenvalue weighted by molar-refractivity contribution is 7.96. The van der Waals surface area contributed by atoms with Gasteiger partial charge in [-0.2, -0.15) is 0 Å². The zero-order chi connectivity index (χ0) is 9.28. The van der Waals surface area contributed by atoms with Gasteiger partial charge in [0.15, 0.2) is 0 Å². The van der Waals surface area contributed by atoms with Crippen molar-refractivity contribution in [1.29, 1.82) is 5.53 Å². The van der Waals surface area contributed by atoms with Crippen LogP contribution in [0, 0.1) is 5.53 Å². The fourth-order valence-electron chi connectivity index (χ4n) is 0.0658. The van der Waals surface area contributed by atoms with Crippen LogP contribution >= 0.6 is 12.6 Å². The van der Waals surface area contributed by atoms with Gasteiger partial charge in [0, 0.05) is 0 Å². The molecule has 7 nitrogen and oxygen atoms in total. The van der Waals surface area contributed by atoms with E-state index in [-0.39, 0.29) is 0 Å². The molecule has 0 aromatic rings. The third-order valence-corrected chi connectivity index (χ3v) is 0.283. The molecule has 9 heteroatoms. The van der Waals surface area contributed by atoms with E-state index in [1.807, 2.05) is 0 Å². The monoisotopic (exact) mass is 195 g/mol. The van der Waals surface area contributed by atoms with Crippen molar-refractivity contribution in [1.82, 2.24) is 10.3 Å². The Balaban J connectivity index is 0. The first kappa shape index (κ1) is 12.5. The molecule has 0 aliphatic carbocycles. The van der Waals surface area contributed by atoms with E-state index in [1.54, 1.807) is 5.43 Å². The Morgan fingerprint density at radius 2 is 2.09 bits per heavy atom. The Hall–Kier alpha value is -1.18. The lowest BCUT2D eigenvalue weighted by Crippen LogP contribution is -2.10. The number of nitrogens with zero attached hydrogens (tertiary/aromatic N) is 2. The molecule has 0 fully saturated rings. The van der Waals surface area contributed by atoms with Gasteiger partial charge in [-0.05, 0) is 5.53 Å². The summed E-state index contributed by atoms with van der Waals surface area (Å²) in [5, 5.41) is 1.38. The number of nitrogens with one attached hydrogen (secondary N) is 2. The predicted octanol–water partition coefficient (Wildman–Crippen LogP) is -0.297. The fraction of sp³-hybridized carbons (Fsp3) is 0. The summed E-state index contributed by atoms with van der Waals surface area (Å²) in [6.07, 6.45) is 0. The molecule has 62 valence electrons. The molecule has 0 radical (unpaired) electrons. The minimum Gasteiger partial charge on any atom is -0.691 e. The summed E-state index contributed by atoms with van der Waals surface area (Å²) in [5.41, 5.74) is 12.1. The lowest BCUT2D eigenvalue weighted by Gasteiger charge is -1.84. The minimum absolute atomic E-state index is 0.639. The number of carbonyl (C=O) groups is 2. The summed E-state index contributed by atoms with van der Waals surface area (Å²) >= 11 is 7.06. The highest BCUT2D eigenvalue weighted by Gasteiger charge is 1.79. The van der Waals surface area contributed by atoms with E-state index in [1.165, 1.54) is 0 Å². The van der Waals surface area contributed by atoms with E-state index in [2.05, 4.69) is 41.1 Å². The maximum Gasteiger partial charge on any atom is 0.273 e. The molecule has 0 rings (SSSR count). The maximum atomic E-state index is 9.67. The molecule has 11 heavy (non-hydrogen) atoms. The molecule has 0 heterocycles. The first-order chi connectivity index (χ1) is 5.00. The first-order valence-corrected chi connectivity index (χ1v) is 2.88. The lowest BCUT2D eigenvalue weighted by molar-refractivity contribution is 0.260. The molecule has 0 aromatic carbocycles. The number of amides is 2. The molecule has 0 saturated carbocycles. The Morgan fingerprint density at radius 1 is 1.73 bits per heavy atom. The second kappa shape index (κ2) is 8.82. The third kappa shape index (κ3) is 51.6. The Labute approximate surface area is 72.7 Å². The summed E-state index contributed by atoms with van der Waals surface area (Å²) < 4.78 is 0. The summed E-state index contributed by atoms with van der Waals surface area (Å²) in [6.45, 7) is 0. The third-order valence-electron chi connectivity index (χ3n) is 0.191. The summed E-state index contributed by atoms with van der Waals surface area (Å²) in [4.78, 5) is 21.2. The van der Waals surface area contributed by atoms with Gasteiger partial charge in [-0.1, -0.05) is 12.6 Å². The van der Waals surface area contributed by atoms with Crippen molar-refractivity contribution in [2.75, 3.05) is 0 Å². The highest BCUT2D eigenvalue weighted by atomic mass is 32.1. The van der Waals surface area contributed by atoms with Crippen molar-refractivity contribution >= 4 is 35.7 Å². The van der Waals surface area contributed by atoms with Gasteiger partial charge in [-0.3, -0.25) is 9.59 Å². The van der Waals surface area contributed by atoms with Gasteiger partial charge in [-0.15, -0.1) is 5.43 Å². The smallest absolute Gasteiger partial charge is 0.273 e. The van der Waals surface area contributed by atoms with Crippen LogP contribution in [0.2, 0.25) is 0 Å². The largest absolute Gasteiger partial charge is 0.691 e. The van der Waals surface area contributed by atoms with E-state index in [0.717, 1.165) is 0 Å². The van der Waals surface area contributed by atoms with Gasteiger partial charge >= 0.3 is 0 Å². The molecular weight excluding hydrogens is 190 g/mol. The number of hydrogen-bond acceptors (Lipinski definition) is 5. The van der Waals surface area contributed by atoms with Crippen molar-refractivity contribution in [2.45, 2.75) is 0 Å². The summed E-state index contributed by atoms with van der Waals surface area (Å²) in [5.74, 6) is 0. The van der Waals surface area contributed by atoms with E-state index >= 15 is 0 Å². The minimum atomic E-state index is -0.740. The van der Waals surface area contributed by atoms with Crippen LogP contribution in [0.1, 0.15) is 0 Å². The molecule has 0 aliphatic rings. The van der Waals surface area contributed by atoms with E-state index in [0.29, 0.717) is 0 Å².